The van der Waals surface area contributed by atoms with Crippen molar-refractivity contribution in [2.24, 2.45) is 0 Å². The van der Waals surface area contributed by atoms with Gasteiger partial charge in [-0.3, -0.25) is 14.9 Å². The van der Waals surface area contributed by atoms with Crippen molar-refractivity contribution in [3.8, 4) is 5.75 Å². The Hall–Kier alpha value is -2.89. The molecule has 0 radical (unpaired) electrons. The van der Waals surface area contributed by atoms with Gasteiger partial charge < -0.3 is 9.64 Å². The SMILES string of the molecule is CCN(C(=O)COc1cc(C)ccc1[N+](=O)[O-])c1ccccc1. The molecule has 6 nitrogen and oxygen atoms in total. The first kappa shape index (κ1) is 16.5. The van der Waals surface area contributed by atoms with E-state index >= 15 is 0 Å². The third kappa shape index (κ3) is 4.06. The van der Waals surface area contributed by atoms with Gasteiger partial charge >= 0.3 is 5.69 Å². The number of ether oxygens (including phenoxy) is 1. The van der Waals surface area contributed by atoms with Crippen LogP contribution in [0.15, 0.2) is 48.5 Å². The van der Waals surface area contributed by atoms with Crippen LogP contribution < -0.4 is 9.64 Å². The molecule has 23 heavy (non-hydrogen) atoms. The van der Waals surface area contributed by atoms with Crippen LogP contribution in [-0.2, 0) is 4.79 Å². The summed E-state index contributed by atoms with van der Waals surface area (Å²) in [5, 5.41) is 11.0. The van der Waals surface area contributed by atoms with Crippen LogP contribution in [0.4, 0.5) is 11.4 Å². The van der Waals surface area contributed by atoms with Crippen molar-refractivity contribution in [1.82, 2.24) is 0 Å². The van der Waals surface area contributed by atoms with Gasteiger partial charge in [-0.05, 0) is 37.6 Å². The Morgan fingerprint density at radius 2 is 1.91 bits per heavy atom. The van der Waals surface area contributed by atoms with Crippen LogP contribution in [0.1, 0.15) is 12.5 Å². The summed E-state index contributed by atoms with van der Waals surface area (Å²) in [6.45, 7) is 3.90. The van der Waals surface area contributed by atoms with E-state index in [-0.39, 0.29) is 24.0 Å². The molecule has 0 spiro atoms. The summed E-state index contributed by atoms with van der Waals surface area (Å²) in [6, 6.07) is 13.8. The second kappa shape index (κ2) is 7.40. The second-order valence-corrected chi connectivity index (χ2v) is 4.99. The number of rotatable bonds is 6. The van der Waals surface area contributed by atoms with Crippen LogP contribution in [0.3, 0.4) is 0 Å². The lowest BCUT2D eigenvalue weighted by Gasteiger charge is -2.21. The molecular weight excluding hydrogens is 296 g/mol. The number of nitro groups is 1. The molecule has 120 valence electrons. The smallest absolute Gasteiger partial charge is 0.310 e. The minimum atomic E-state index is -0.520. The summed E-state index contributed by atoms with van der Waals surface area (Å²) < 4.78 is 5.41. The molecule has 0 saturated carbocycles. The minimum absolute atomic E-state index is 0.104. The highest BCUT2D eigenvalue weighted by molar-refractivity contribution is 5.94. The molecule has 0 saturated heterocycles. The highest BCUT2D eigenvalue weighted by Crippen LogP contribution is 2.27. The maximum absolute atomic E-state index is 12.3. The summed E-state index contributed by atoms with van der Waals surface area (Å²) in [5.74, 6) is -0.151. The fraction of sp³-hybridized carbons (Fsp3) is 0.235. The third-order valence-corrected chi connectivity index (χ3v) is 3.35. The number of aryl methyl sites for hydroxylation is 1. The molecule has 0 aliphatic carbocycles. The number of hydrogen-bond acceptors (Lipinski definition) is 4. The maximum atomic E-state index is 12.3. The second-order valence-electron chi connectivity index (χ2n) is 4.99. The van der Waals surface area contributed by atoms with Gasteiger partial charge in [-0.2, -0.15) is 0 Å². The first-order valence-corrected chi connectivity index (χ1v) is 7.26. The Kier molecular flexibility index (Phi) is 5.30. The molecule has 0 heterocycles. The molecule has 2 rings (SSSR count). The van der Waals surface area contributed by atoms with E-state index in [9.17, 15) is 14.9 Å². The van der Waals surface area contributed by atoms with Gasteiger partial charge in [0, 0.05) is 18.3 Å². The number of nitrogens with zero attached hydrogens (tertiary/aromatic N) is 2. The molecule has 0 fully saturated rings. The van der Waals surface area contributed by atoms with Crippen molar-refractivity contribution in [3.63, 3.8) is 0 Å². The number of amides is 1. The quantitative estimate of drug-likeness (QED) is 0.605. The summed E-state index contributed by atoms with van der Waals surface area (Å²) in [6.07, 6.45) is 0. The standard InChI is InChI=1S/C17H18N2O4/c1-3-18(14-7-5-4-6-8-14)17(20)12-23-16-11-13(2)9-10-15(16)19(21)22/h4-11H,3,12H2,1-2H3. The monoisotopic (exact) mass is 314 g/mol. The van der Waals surface area contributed by atoms with Crippen LogP contribution >= 0.6 is 0 Å². The molecule has 0 N–H and O–H groups in total. The van der Waals surface area contributed by atoms with E-state index in [1.807, 2.05) is 37.3 Å². The van der Waals surface area contributed by atoms with E-state index in [1.54, 1.807) is 24.0 Å². The topological polar surface area (TPSA) is 72.7 Å². The van der Waals surface area contributed by atoms with E-state index < -0.39 is 4.92 Å². The maximum Gasteiger partial charge on any atom is 0.310 e. The van der Waals surface area contributed by atoms with E-state index in [4.69, 9.17) is 4.74 Å². The van der Waals surface area contributed by atoms with Crippen LogP contribution in [-0.4, -0.2) is 24.0 Å². The van der Waals surface area contributed by atoms with Gasteiger partial charge in [-0.15, -0.1) is 0 Å². The van der Waals surface area contributed by atoms with Crippen LogP contribution in [0.5, 0.6) is 5.75 Å². The normalized spacial score (nSPS) is 10.2. The first-order valence-electron chi connectivity index (χ1n) is 7.26. The lowest BCUT2D eigenvalue weighted by atomic mass is 10.2. The minimum Gasteiger partial charge on any atom is -0.477 e. The van der Waals surface area contributed by atoms with Gasteiger partial charge in [0.25, 0.3) is 5.91 Å². The van der Waals surface area contributed by atoms with Crippen LogP contribution in [0, 0.1) is 17.0 Å². The van der Waals surface area contributed by atoms with Crippen molar-refractivity contribution in [1.29, 1.82) is 0 Å². The molecular formula is C17H18N2O4. The van der Waals surface area contributed by atoms with Crippen LogP contribution in [0.25, 0.3) is 0 Å². The van der Waals surface area contributed by atoms with Gasteiger partial charge in [0.15, 0.2) is 12.4 Å². The summed E-state index contributed by atoms with van der Waals surface area (Å²) in [4.78, 5) is 24.4. The predicted molar refractivity (Wildman–Crippen MR) is 87.8 cm³/mol. The highest BCUT2D eigenvalue weighted by Gasteiger charge is 2.19. The molecule has 0 aliphatic rings. The molecule has 2 aromatic rings. The molecule has 1 amide bonds. The highest BCUT2D eigenvalue weighted by atomic mass is 16.6. The average Bonchev–Trinajstić information content (AvgIpc) is 2.54. The number of para-hydroxylation sites is 1. The summed E-state index contributed by atoms with van der Waals surface area (Å²) >= 11 is 0. The van der Waals surface area contributed by atoms with Crippen molar-refractivity contribution in [2.45, 2.75) is 13.8 Å². The fourth-order valence-electron chi connectivity index (χ4n) is 2.22. The van der Waals surface area contributed by atoms with Gasteiger partial charge in [0.05, 0.1) is 4.92 Å². The van der Waals surface area contributed by atoms with E-state index in [0.717, 1.165) is 11.3 Å². The number of likely N-dealkylation sites (N-methyl/N-ethyl adjacent to an activating group) is 1. The van der Waals surface area contributed by atoms with Crippen molar-refractivity contribution < 1.29 is 14.5 Å². The summed E-state index contributed by atoms with van der Waals surface area (Å²) in [7, 11) is 0. The largest absolute Gasteiger partial charge is 0.477 e. The molecule has 0 unspecified atom stereocenters. The zero-order valence-corrected chi connectivity index (χ0v) is 13.1. The van der Waals surface area contributed by atoms with Gasteiger partial charge in [0.2, 0.25) is 0 Å². The predicted octanol–water partition coefficient (Wildman–Crippen LogP) is 3.34. The number of benzene rings is 2. The van der Waals surface area contributed by atoms with Crippen molar-refractivity contribution in [2.75, 3.05) is 18.1 Å². The zero-order valence-electron chi connectivity index (χ0n) is 13.1. The number of carbonyl (C=O) groups excluding carboxylic acids is 1. The summed E-state index contributed by atoms with van der Waals surface area (Å²) in [5.41, 5.74) is 1.45. The molecule has 0 bridgehead atoms. The van der Waals surface area contributed by atoms with Gasteiger partial charge in [-0.25, -0.2) is 0 Å². The van der Waals surface area contributed by atoms with Crippen molar-refractivity contribution >= 4 is 17.3 Å². The third-order valence-electron chi connectivity index (χ3n) is 3.35. The zero-order chi connectivity index (χ0) is 16.8. The van der Waals surface area contributed by atoms with Crippen LogP contribution in [0.2, 0.25) is 0 Å². The molecule has 0 aliphatic heterocycles. The Morgan fingerprint density at radius 3 is 2.52 bits per heavy atom. The van der Waals surface area contributed by atoms with E-state index in [0.29, 0.717) is 6.54 Å². The Labute approximate surface area is 134 Å². The lowest BCUT2D eigenvalue weighted by molar-refractivity contribution is -0.385. The average molecular weight is 314 g/mol. The number of hydrogen-bond donors (Lipinski definition) is 0. The van der Waals surface area contributed by atoms with E-state index in [2.05, 4.69) is 0 Å². The first-order chi connectivity index (χ1) is 11.0. The van der Waals surface area contributed by atoms with Gasteiger partial charge in [0.1, 0.15) is 0 Å². The Balaban J connectivity index is 2.12. The Bertz CT molecular complexity index is 701. The molecule has 6 heteroatoms. The Morgan fingerprint density at radius 1 is 1.22 bits per heavy atom. The molecule has 0 atom stereocenters. The number of carbonyl (C=O) groups is 1. The number of nitro benzene ring substituents is 1. The molecule has 0 aromatic heterocycles. The van der Waals surface area contributed by atoms with E-state index in [1.165, 1.54) is 6.07 Å². The number of anilines is 1. The van der Waals surface area contributed by atoms with Crippen molar-refractivity contribution in [3.05, 3.63) is 64.2 Å². The fourth-order valence-corrected chi connectivity index (χ4v) is 2.22. The van der Waals surface area contributed by atoms with Gasteiger partial charge in [-0.1, -0.05) is 24.3 Å². The molecule has 2 aromatic carbocycles. The lowest BCUT2D eigenvalue weighted by Crippen LogP contribution is -2.34.